The highest BCUT2D eigenvalue weighted by Crippen LogP contribution is 1.64. The third-order valence-corrected chi connectivity index (χ3v) is 2.59. The second-order valence-electron chi connectivity index (χ2n) is 3.66. The highest BCUT2D eigenvalue weighted by molar-refractivity contribution is 4.37. The summed E-state index contributed by atoms with van der Waals surface area (Å²) in [6.45, 7) is 7.89. The van der Waals surface area contributed by atoms with E-state index < -0.39 is 0 Å². The van der Waals surface area contributed by atoms with Crippen molar-refractivity contribution in [1.29, 1.82) is 0 Å². The fourth-order valence-corrected chi connectivity index (χ4v) is 1.66. The lowest BCUT2D eigenvalue weighted by atomic mass is 10.3. The van der Waals surface area contributed by atoms with Crippen LogP contribution in [-0.4, -0.2) is 46.3 Å². The van der Waals surface area contributed by atoms with Gasteiger partial charge in [-0.3, -0.25) is 0 Å². The number of likely N-dealkylation sites (N-methyl/N-ethyl adjacent to an activating group) is 1. The lowest BCUT2D eigenvalue weighted by molar-refractivity contribution is -1.00. The number of hydrogen-bond acceptors (Lipinski definition) is 0. The van der Waals surface area contributed by atoms with Crippen LogP contribution >= 0.6 is 0 Å². The first kappa shape index (κ1) is 8.97. The first-order valence-corrected chi connectivity index (χ1v) is 4.77. The Bertz CT molecular complexity index is 94.8. The maximum absolute atomic E-state index is 3.87. The monoisotopic (exact) mass is 160 g/mol. The van der Waals surface area contributed by atoms with Gasteiger partial charge in [-0.05, 0) is 0 Å². The SMILES string of the molecule is C[NH+]1CC[NH+](CCC[NH3+])CC1. The normalized spacial score (nSPS) is 32.2. The van der Waals surface area contributed by atoms with E-state index >= 15 is 0 Å². The van der Waals surface area contributed by atoms with Gasteiger partial charge in [0.2, 0.25) is 0 Å². The van der Waals surface area contributed by atoms with E-state index in [9.17, 15) is 0 Å². The minimum atomic E-state index is 1.10. The van der Waals surface area contributed by atoms with Crippen LogP contribution in [0.25, 0.3) is 0 Å². The van der Waals surface area contributed by atoms with Crippen molar-refractivity contribution in [3.8, 4) is 0 Å². The van der Waals surface area contributed by atoms with Crippen LogP contribution in [0.2, 0.25) is 0 Å². The minimum Gasteiger partial charge on any atom is -0.357 e. The van der Waals surface area contributed by atoms with E-state index in [4.69, 9.17) is 0 Å². The molecule has 3 nitrogen and oxygen atoms in total. The van der Waals surface area contributed by atoms with Gasteiger partial charge in [0.1, 0.15) is 26.2 Å². The van der Waals surface area contributed by atoms with E-state index in [1.165, 1.54) is 39.1 Å². The summed E-state index contributed by atoms with van der Waals surface area (Å²) in [6.07, 6.45) is 1.30. The largest absolute Gasteiger partial charge is 0.357 e. The average Bonchev–Trinajstić information content (AvgIpc) is 2.04. The van der Waals surface area contributed by atoms with Gasteiger partial charge in [0, 0.05) is 6.42 Å². The van der Waals surface area contributed by atoms with Crippen molar-refractivity contribution in [2.24, 2.45) is 0 Å². The van der Waals surface area contributed by atoms with Crippen LogP contribution in [-0.2, 0) is 0 Å². The Morgan fingerprint density at radius 2 is 1.82 bits per heavy atom. The number of piperazine rings is 1. The molecule has 0 aromatic rings. The maximum atomic E-state index is 3.87. The molecule has 0 atom stereocenters. The van der Waals surface area contributed by atoms with Crippen molar-refractivity contribution >= 4 is 0 Å². The van der Waals surface area contributed by atoms with Crippen LogP contribution in [0.3, 0.4) is 0 Å². The summed E-state index contributed by atoms with van der Waals surface area (Å²) in [7, 11) is 2.29. The van der Waals surface area contributed by atoms with Gasteiger partial charge >= 0.3 is 0 Å². The van der Waals surface area contributed by atoms with Gasteiger partial charge in [0.15, 0.2) is 0 Å². The van der Waals surface area contributed by atoms with E-state index in [1.807, 2.05) is 0 Å². The Labute approximate surface area is 69.1 Å². The highest BCUT2D eigenvalue weighted by atomic mass is 15.2. The molecule has 0 spiro atoms. The van der Waals surface area contributed by atoms with Gasteiger partial charge in [-0.2, -0.15) is 0 Å². The summed E-state index contributed by atoms with van der Waals surface area (Å²) in [5.41, 5.74) is 3.87. The van der Waals surface area contributed by atoms with Crippen LogP contribution in [0.15, 0.2) is 0 Å². The van der Waals surface area contributed by atoms with Gasteiger partial charge in [-0.15, -0.1) is 0 Å². The second kappa shape index (κ2) is 4.70. The number of hydrogen-bond donors (Lipinski definition) is 3. The van der Waals surface area contributed by atoms with Gasteiger partial charge in [-0.1, -0.05) is 0 Å². The summed E-state index contributed by atoms with van der Waals surface area (Å²) in [6, 6.07) is 0. The van der Waals surface area contributed by atoms with Gasteiger partial charge < -0.3 is 15.5 Å². The summed E-state index contributed by atoms with van der Waals surface area (Å²) >= 11 is 0. The zero-order valence-electron chi connectivity index (χ0n) is 7.66. The van der Waals surface area contributed by atoms with Gasteiger partial charge in [0.05, 0.1) is 20.1 Å². The molecule has 1 rings (SSSR count). The molecule has 11 heavy (non-hydrogen) atoms. The first-order chi connectivity index (χ1) is 5.33. The van der Waals surface area contributed by atoms with Crippen molar-refractivity contribution in [1.82, 2.24) is 0 Å². The van der Waals surface area contributed by atoms with E-state index in [1.54, 1.807) is 9.80 Å². The van der Waals surface area contributed by atoms with E-state index in [0.717, 1.165) is 6.54 Å². The Balaban J connectivity index is 2.07. The molecule has 0 radical (unpaired) electrons. The Morgan fingerprint density at radius 3 is 2.36 bits per heavy atom. The standard InChI is InChI=1S/C8H19N3/c1-10-5-7-11(8-6-10)4-2-3-9/h2-9H2,1H3/p+3. The fourth-order valence-electron chi connectivity index (χ4n) is 1.66. The predicted octanol–water partition coefficient (Wildman–Crippen LogP) is -3.97. The van der Waals surface area contributed by atoms with Crippen LogP contribution in [0.5, 0.6) is 0 Å². The van der Waals surface area contributed by atoms with Crippen molar-refractivity contribution in [3.63, 3.8) is 0 Å². The molecule has 0 amide bonds. The second-order valence-corrected chi connectivity index (χ2v) is 3.66. The molecular formula is C8H22N3+3. The Kier molecular flexibility index (Phi) is 3.83. The summed E-state index contributed by atoms with van der Waals surface area (Å²) in [5, 5.41) is 0. The van der Waals surface area contributed by atoms with Crippen molar-refractivity contribution < 1.29 is 15.5 Å². The zero-order chi connectivity index (χ0) is 8.10. The molecular weight excluding hydrogens is 138 g/mol. The molecule has 0 unspecified atom stereocenters. The quantitative estimate of drug-likeness (QED) is 0.377. The average molecular weight is 160 g/mol. The van der Waals surface area contributed by atoms with E-state index in [0.29, 0.717) is 0 Å². The molecule has 5 N–H and O–H groups in total. The number of quaternary nitrogens is 3. The molecule has 1 heterocycles. The fraction of sp³-hybridized carbons (Fsp3) is 1.00. The van der Waals surface area contributed by atoms with Crippen molar-refractivity contribution in [2.75, 3.05) is 46.3 Å². The molecule has 1 aliphatic heterocycles. The first-order valence-electron chi connectivity index (χ1n) is 4.77. The summed E-state index contributed by atoms with van der Waals surface area (Å²) in [5.74, 6) is 0. The molecule has 0 bridgehead atoms. The van der Waals surface area contributed by atoms with Crippen LogP contribution in [0.4, 0.5) is 0 Å². The Hall–Kier alpha value is -0.120. The predicted molar refractivity (Wildman–Crippen MR) is 44.6 cm³/mol. The molecule has 0 saturated carbocycles. The summed E-state index contributed by atoms with van der Waals surface area (Å²) < 4.78 is 0. The smallest absolute Gasteiger partial charge is 0.127 e. The maximum Gasteiger partial charge on any atom is 0.127 e. The van der Waals surface area contributed by atoms with Crippen molar-refractivity contribution in [2.45, 2.75) is 6.42 Å². The van der Waals surface area contributed by atoms with E-state index in [2.05, 4.69) is 12.8 Å². The zero-order valence-corrected chi connectivity index (χ0v) is 7.66. The molecule has 0 aliphatic carbocycles. The molecule has 1 fully saturated rings. The highest BCUT2D eigenvalue weighted by Gasteiger charge is 2.18. The van der Waals surface area contributed by atoms with Crippen molar-refractivity contribution in [3.05, 3.63) is 0 Å². The third-order valence-electron chi connectivity index (χ3n) is 2.59. The van der Waals surface area contributed by atoms with Gasteiger partial charge in [0.25, 0.3) is 0 Å². The lowest BCUT2D eigenvalue weighted by Gasteiger charge is -2.26. The molecule has 3 heteroatoms. The minimum absolute atomic E-state index is 1.10. The summed E-state index contributed by atoms with van der Waals surface area (Å²) in [4.78, 5) is 3.49. The van der Waals surface area contributed by atoms with Gasteiger partial charge in [-0.25, -0.2) is 0 Å². The molecule has 0 aromatic heterocycles. The topological polar surface area (TPSA) is 36.5 Å². The van der Waals surface area contributed by atoms with Crippen LogP contribution in [0.1, 0.15) is 6.42 Å². The molecule has 0 aromatic carbocycles. The molecule has 1 aliphatic rings. The molecule has 66 valence electrons. The van der Waals surface area contributed by atoms with E-state index in [-0.39, 0.29) is 0 Å². The third kappa shape index (κ3) is 3.18. The Morgan fingerprint density at radius 1 is 1.18 bits per heavy atom. The number of nitrogens with one attached hydrogen (secondary N) is 2. The molecule has 1 saturated heterocycles. The lowest BCUT2D eigenvalue weighted by Crippen LogP contribution is -3.27. The number of rotatable bonds is 3. The van der Waals surface area contributed by atoms with Crippen LogP contribution in [0, 0.1) is 0 Å². The van der Waals surface area contributed by atoms with Crippen LogP contribution < -0.4 is 15.5 Å².